The minimum absolute atomic E-state index is 0.107. The minimum atomic E-state index is -4.96. The Morgan fingerprint density at radius 2 is 0.475 bits per heavy atom. The Kier molecular flexibility index (Phi) is 69.6. The zero-order valence-corrected chi connectivity index (χ0v) is 68.3. The molecule has 600 valence electrons. The summed E-state index contributed by atoms with van der Waals surface area (Å²) in [5, 5.41) is 10.7. The van der Waals surface area contributed by atoms with Gasteiger partial charge in [0.25, 0.3) is 0 Å². The van der Waals surface area contributed by atoms with Gasteiger partial charge in [0.05, 0.1) is 26.4 Å². The lowest BCUT2D eigenvalue weighted by Crippen LogP contribution is -2.30. The topological polar surface area (TPSA) is 237 Å². The van der Waals surface area contributed by atoms with Crippen LogP contribution < -0.4 is 0 Å². The summed E-state index contributed by atoms with van der Waals surface area (Å²) in [6.45, 7) is 14.3. The molecule has 0 heterocycles. The summed E-state index contributed by atoms with van der Waals surface area (Å²) in [6.07, 6.45) is 58.2. The fraction of sp³-hybridized carbons (Fsp3) is 0.951. The van der Waals surface area contributed by atoms with Crippen LogP contribution >= 0.6 is 15.6 Å². The number of rotatable bonds is 79. The lowest BCUT2D eigenvalue weighted by atomic mass is 9.99. The molecule has 0 aromatic rings. The first-order chi connectivity index (χ1) is 48.6. The summed E-state index contributed by atoms with van der Waals surface area (Å²) in [7, 11) is -9.92. The van der Waals surface area contributed by atoms with E-state index in [1.165, 1.54) is 218 Å². The predicted molar refractivity (Wildman–Crippen MR) is 414 cm³/mol. The van der Waals surface area contributed by atoms with E-state index in [0.717, 1.165) is 114 Å². The quantitative estimate of drug-likeness (QED) is 0.0222. The van der Waals surface area contributed by atoms with Crippen molar-refractivity contribution < 1.29 is 80.2 Å². The van der Waals surface area contributed by atoms with Crippen LogP contribution in [-0.2, 0) is 65.4 Å². The molecule has 0 rings (SSSR count). The summed E-state index contributed by atoms with van der Waals surface area (Å²) in [4.78, 5) is 73.1. The first-order valence-corrected chi connectivity index (χ1v) is 45.2. The molecule has 0 aliphatic carbocycles. The highest BCUT2D eigenvalue weighted by atomic mass is 31.2. The Labute approximate surface area is 619 Å². The predicted octanol–water partition coefficient (Wildman–Crippen LogP) is 24.4. The SMILES string of the molecule is CCC(C)CCCCCCCCCCCCCCCCC(=O)O[C@H](COC(=O)CCCCCCCCCC(C)C)COP(=O)(O)OCC(O)COP(=O)(O)OC[C@@H](COC(=O)CCCCCCCCCCCCCCC(C)C)OC(=O)CCCCCCCCCCCCCCCCCC(C)C. The largest absolute Gasteiger partial charge is 0.472 e. The number of aliphatic hydroxyl groups excluding tert-OH is 1. The van der Waals surface area contributed by atoms with E-state index in [9.17, 15) is 43.2 Å². The van der Waals surface area contributed by atoms with Crippen LogP contribution in [0.15, 0.2) is 0 Å². The first kappa shape index (κ1) is 99.1. The third-order valence-corrected chi connectivity index (χ3v) is 21.3. The van der Waals surface area contributed by atoms with E-state index in [4.69, 9.17) is 37.0 Å². The number of hydrogen-bond donors (Lipinski definition) is 3. The molecule has 0 saturated heterocycles. The standard InChI is InChI=1S/C82H160O17P2/c1-9-75(8)61-53-45-37-29-23-16-13-14-18-26-32-40-49-57-65-82(87)99-78(69-93-80(85)63-55-47-41-33-36-44-52-60-74(6)7)71-97-101(90,91)95-67-76(83)66-94-100(88,89)96-70-77(68-92-79(84)62-54-46-38-30-24-20-19-22-28-35-43-51-59-73(4)5)98-81(86)64-56-48-39-31-25-17-12-10-11-15-21-27-34-42-50-58-72(2)3/h72-78,83H,9-71H2,1-8H3,(H,88,89)(H,90,91)/t75?,76?,77-,78-/m1/s1. The number of unbranched alkanes of at least 4 members (excludes halogenated alkanes) is 44. The second-order valence-corrected chi connectivity index (χ2v) is 34.1. The second-order valence-electron chi connectivity index (χ2n) is 31.2. The molecule has 4 unspecified atom stereocenters. The van der Waals surface area contributed by atoms with Gasteiger partial charge in [-0.2, -0.15) is 0 Å². The number of hydrogen-bond acceptors (Lipinski definition) is 15. The second kappa shape index (κ2) is 71.0. The lowest BCUT2D eigenvalue weighted by Gasteiger charge is -2.21. The Balaban J connectivity index is 5.24. The van der Waals surface area contributed by atoms with Gasteiger partial charge < -0.3 is 33.8 Å². The fourth-order valence-electron chi connectivity index (χ4n) is 12.6. The molecule has 0 amide bonds. The number of carbonyl (C=O) groups is 4. The van der Waals surface area contributed by atoms with Crippen molar-refractivity contribution in [2.24, 2.45) is 23.7 Å². The van der Waals surface area contributed by atoms with Crippen LogP contribution in [-0.4, -0.2) is 96.7 Å². The number of aliphatic hydroxyl groups is 1. The third-order valence-electron chi connectivity index (χ3n) is 19.4. The van der Waals surface area contributed by atoms with Crippen molar-refractivity contribution in [1.82, 2.24) is 0 Å². The molecule has 0 radical (unpaired) electrons. The summed E-state index contributed by atoms with van der Waals surface area (Å²) >= 11 is 0. The van der Waals surface area contributed by atoms with Crippen LogP contribution in [0.3, 0.4) is 0 Å². The molecule has 0 fully saturated rings. The summed E-state index contributed by atoms with van der Waals surface area (Å²) < 4.78 is 68.8. The highest BCUT2D eigenvalue weighted by Gasteiger charge is 2.30. The fourth-order valence-corrected chi connectivity index (χ4v) is 14.2. The molecule has 17 nitrogen and oxygen atoms in total. The molecular weight excluding hydrogens is 1320 g/mol. The van der Waals surface area contributed by atoms with E-state index in [1.807, 2.05) is 0 Å². The highest BCUT2D eigenvalue weighted by molar-refractivity contribution is 7.47. The Morgan fingerprint density at radius 3 is 0.703 bits per heavy atom. The van der Waals surface area contributed by atoms with Crippen molar-refractivity contribution >= 4 is 39.5 Å². The Bertz CT molecular complexity index is 1970. The number of esters is 4. The van der Waals surface area contributed by atoms with E-state index < -0.39 is 97.5 Å². The van der Waals surface area contributed by atoms with Crippen LogP contribution in [0.25, 0.3) is 0 Å². The van der Waals surface area contributed by atoms with Gasteiger partial charge >= 0.3 is 39.5 Å². The van der Waals surface area contributed by atoms with Crippen LogP contribution in [0.5, 0.6) is 0 Å². The maximum Gasteiger partial charge on any atom is 0.472 e. The van der Waals surface area contributed by atoms with E-state index in [-0.39, 0.29) is 25.7 Å². The normalized spacial score (nSPS) is 14.3. The number of carbonyl (C=O) groups excluding carboxylic acids is 4. The maximum atomic E-state index is 13.1. The maximum absolute atomic E-state index is 13.1. The van der Waals surface area contributed by atoms with Crippen LogP contribution in [0.1, 0.15) is 421 Å². The molecule has 3 N–H and O–H groups in total. The molecule has 6 atom stereocenters. The summed E-state index contributed by atoms with van der Waals surface area (Å²) in [5.74, 6) is 1.02. The van der Waals surface area contributed by atoms with E-state index in [1.54, 1.807) is 0 Å². The molecular formula is C82H160O17P2. The van der Waals surface area contributed by atoms with Gasteiger partial charge in [0.1, 0.15) is 19.3 Å². The third kappa shape index (κ3) is 74.7. The van der Waals surface area contributed by atoms with Gasteiger partial charge in [0.2, 0.25) is 0 Å². The minimum Gasteiger partial charge on any atom is -0.462 e. The molecule has 0 aliphatic heterocycles. The average Bonchev–Trinajstić information content (AvgIpc) is 0.926. The molecule has 0 bridgehead atoms. The Hall–Kier alpha value is -1.94. The van der Waals surface area contributed by atoms with Crippen LogP contribution in [0, 0.1) is 23.7 Å². The smallest absolute Gasteiger partial charge is 0.462 e. The molecule has 101 heavy (non-hydrogen) atoms. The lowest BCUT2D eigenvalue weighted by molar-refractivity contribution is -0.161. The van der Waals surface area contributed by atoms with Gasteiger partial charge in [-0.1, -0.05) is 370 Å². The van der Waals surface area contributed by atoms with Crippen molar-refractivity contribution in [1.29, 1.82) is 0 Å². The van der Waals surface area contributed by atoms with Gasteiger partial charge in [0, 0.05) is 25.7 Å². The van der Waals surface area contributed by atoms with E-state index in [0.29, 0.717) is 31.6 Å². The molecule has 0 spiro atoms. The van der Waals surface area contributed by atoms with Crippen molar-refractivity contribution in [2.75, 3.05) is 39.6 Å². The number of phosphoric acid groups is 2. The van der Waals surface area contributed by atoms with Gasteiger partial charge in [0.15, 0.2) is 12.2 Å². The molecule has 19 heteroatoms. The number of ether oxygens (including phenoxy) is 4. The molecule has 0 aromatic heterocycles. The highest BCUT2D eigenvalue weighted by Crippen LogP contribution is 2.45. The summed E-state index contributed by atoms with van der Waals surface area (Å²) in [5.41, 5.74) is 0. The molecule has 0 aliphatic rings. The Morgan fingerprint density at radius 1 is 0.277 bits per heavy atom. The van der Waals surface area contributed by atoms with Gasteiger partial charge in [-0.05, 0) is 49.4 Å². The van der Waals surface area contributed by atoms with Gasteiger partial charge in [-0.3, -0.25) is 37.3 Å². The van der Waals surface area contributed by atoms with Crippen molar-refractivity contribution in [3.8, 4) is 0 Å². The molecule has 0 saturated carbocycles. The van der Waals surface area contributed by atoms with E-state index >= 15 is 0 Å². The average molecular weight is 1480 g/mol. The van der Waals surface area contributed by atoms with Crippen molar-refractivity contribution in [3.05, 3.63) is 0 Å². The monoisotopic (exact) mass is 1480 g/mol. The summed E-state index contributed by atoms with van der Waals surface area (Å²) in [6, 6.07) is 0. The first-order valence-electron chi connectivity index (χ1n) is 42.2. The van der Waals surface area contributed by atoms with Gasteiger partial charge in [-0.15, -0.1) is 0 Å². The van der Waals surface area contributed by atoms with Gasteiger partial charge in [-0.25, -0.2) is 9.13 Å². The molecule has 0 aromatic carbocycles. The van der Waals surface area contributed by atoms with E-state index in [2.05, 4.69) is 55.4 Å². The van der Waals surface area contributed by atoms with Crippen LogP contribution in [0.4, 0.5) is 0 Å². The number of phosphoric ester groups is 2. The zero-order valence-electron chi connectivity index (χ0n) is 66.5. The van der Waals surface area contributed by atoms with Crippen molar-refractivity contribution in [3.63, 3.8) is 0 Å². The zero-order chi connectivity index (χ0) is 74.6. The van der Waals surface area contributed by atoms with Crippen molar-refractivity contribution in [2.45, 2.75) is 440 Å². The van der Waals surface area contributed by atoms with Crippen LogP contribution in [0.2, 0.25) is 0 Å².